The molecule has 0 fully saturated rings. The van der Waals surface area contributed by atoms with Crippen molar-refractivity contribution in [2.75, 3.05) is 5.73 Å². The molecule has 0 saturated heterocycles. The molecule has 0 saturated carbocycles. The molecule has 0 bridgehead atoms. The molecule has 4 aromatic heterocycles. The lowest BCUT2D eigenvalue weighted by molar-refractivity contribution is 0.0696. The second kappa shape index (κ2) is 8.16. The first-order valence-electron chi connectivity index (χ1n) is 9.50. The Hall–Kier alpha value is -4.58. The summed E-state index contributed by atoms with van der Waals surface area (Å²) in [5.74, 6) is -1.21. The number of benzene rings is 1. The summed E-state index contributed by atoms with van der Waals surface area (Å²) in [6.45, 7) is -0.133. The summed E-state index contributed by atoms with van der Waals surface area (Å²) in [6, 6.07) is 10.0. The minimum atomic E-state index is -1.16. The molecule has 0 amide bonds. The fraction of sp³-hybridized carbons (Fsp3) is 0.0476. The largest absolute Gasteiger partial charge is 0.477 e. The van der Waals surface area contributed by atoms with E-state index in [1.54, 1.807) is 48.8 Å². The molecular weight excluding hydrogens is 448 g/mol. The number of hydrogen-bond acceptors (Lipinski definition) is 10. The number of nitrogens with zero attached hydrogens (tertiary/aromatic N) is 5. The normalized spacial score (nSPS) is 11.0. The van der Waals surface area contributed by atoms with Gasteiger partial charge in [0.2, 0.25) is 5.88 Å². The summed E-state index contributed by atoms with van der Waals surface area (Å²) in [6.07, 6.45) is 4.58. The van der Waals surface area contributed by atoms with E-state index < -0.39 is 11.6 Å². The van der Waals surface area contributed by atoms with Crippen molar-refractivity contribution in [1.82, 2.24) is 25.0 Å². The Morgan fingerprint density at radius 2 is 2.03 bits per heavy atom. The van der Waals surface area contributed by atoms with Crippen LogP contribution in [0.4, 0.5) is 5.69 Å². The number of hydrogen-bond donors (Lipinski definition) is 2. The molecular formula is C21H14N6O5S. The summed E-state index contributed by atoms with van der Waals surface area (Å²) in [7, 11) is 0. The highest BCUT2D eigenvalue weighted by molar-refractivity contribution is 7.17. The number of aromatic nitrogens is 5. The predicted octanol–water partition coefficient (Wildman–Crippen LogP) is 2.75. The SMILES string of the molecule is Nc1ccc2cc(-n3nncc3COc3nc(-c4ccncc4)sc3C(=O)O)c(=O)oc2c1. The number of nitrogens with two attached hydrogens (primary N) is 1. The molecule has 1 aromatic carbocycles. The lowest BCUT2D eigenvalue weighted by Gasteiger charge is -2.07. The van der Waals surface area contributed by atoms with E-state index in [4.69, 9.17) is 14.9 Å². The van der Waals surface area contributed by atoms with Crippen LogP contribution in [0, 0.1) is 0 Å². The molecule has 5 rings (SSSR count). The van der Waals surface area contributed by atoms with Crippen LogP contribution in [-0.4, -0.2) is 36.0 Å². The number of fused-ring (bicyclic) bond motifs is 1. The van der Waals surface area contributed by atoms with Gasteiger partial charge in [0.25, 0.3) is 0 Å². The Morgan fingerprint density at radius 1 is 1.21 bits per heavy atom. The van der Waals surface area contributed by atoms with E-state index >= 15 is 0 Å². The second-order valence-corrected chi connectivity index (χ2v) is 7.84. The Balaban J connectivity index is 1.46. The molecule has 0 aliphatic carbocycles. The van der Waals surface area contributed by atoms with E-state index in [9.17, 15) is 14.7 Å². The van der Waals surface area contributed by atoms with Gasteiger partial charge in [-0.1, -0.05) is 5.21 Å². The van der Waals surface area contributed by atoms with Gasteiger partial charge in [0.05, 0.1) is 6.20 Å². The fourth-order valence-electron chi connectivity index (χ4n) is 3.12. The van der Waals surface area contributed by atoms with Crippen LogP contribution < -0.4 is 16.1 Å². The molecule has 0 spiro atoms. The maximum absolute atomic E-state index is 12.5. The Morgan fingerprint density at radius 3 is 2.82 bits per heavy atom. The van der Waals surface area contributed by atoms with Gasteiger partial charge in [-0.3, -0.25) is 4.98 Å². The summed E-state index contributed by atoms with van der Waals surface area (Å²) in [5, 5.41) is 18.5. The summed E-state index contributed by atoms with van der Waals surface area (Å²) >= 11 is 0.987. The molecule has 0 radical (unpaired) electrons. The zero-order valence-corrected chi connectivity index (χ0v) is 17.5. The zero-order valence-electron chi connectivity index (χ0n) is 16.7. The van der Waals surface area contributed by atoms with Crippen molar-refractivity contribution in [2.24, 2.45) is 0 Å². The van der Waals surface area contributed by atoms with Gasteiger partial charge in [0.15, 0.2) is 10.6 Å². The van der Waals surface area contributed by atoms with E-state index in [1.165, 1.54) is 10.9 Å². The van der Waals surface area contributed by atoms with Crippen LogP contribution in [0.2, 0.25) is 0 Å². The van der Waals surface area contributed by atoms with E-state index in [0.29, 0.717) is 32.9 Å². The minimum absolute atomic E-state index is 0.0481. The Kier molecular flexibility index (Phi) is 5.03. The monoisotopic (exact) mass is 462 g/mol. The molecule has 3 N–H and O–H groups in total. The number of rotatable bonds is 6. The smallest absolute Gasteiger partial charge is 0.362 e. The van der Waals surface area contributed by atoms with Gasteiger partial charge >= 0.3 is 11.6 Å². The first kappa shape index (κ1) is 20.3. The third kappa shape index (κ3) is 3.90. The van der Waals surface area contributed by atoms with Gasteiger partial charge in [-0.05, 0) is 30.3 Å². The fourth-order valence-corrected chi connectivity index (χ4v) is 3.98. The van der Waals surface area contributed by atoms with Gasteiger partial charge in [-0.25, -0.2) is 19.3 Å². The van der Waals surface area contributed by atoms with Crippen molar-refractivity contribution in [3.8, 4) is 22.1 Å². The number of nitrogen functional groups attached to an aromatic ring is 1. The van der Waals surface area contributed by atoms with Crippen LogP contribution >= 0.6 is 11.3 Å². The summed E-state index contributed by atoms with van der Waals surface area (Å²) < 4.78 is 12.3. The highest BCUT2D eigenvalue weighted by Gasteiger charge is 2.21. The Labute approximate surface area is 188 Å². The van der Waals surface area contributed by atoms with Crippen LogP contribution in [0.25, 0.3) is 27.2 Å². The van der Waals surface area contributed by atoms with Crippen LogP contribution in [0.3, 0.4) is 0 Å². The van der Waals surface area contributed by atoms with E-state index in [-0.39, 0.29) is 23.1 Å². The average molecular weight is 462 g/mol. The molecule has 11 nitrogen and oxygen atoms in total. The van der Waals surface area contributed by atoms with Crippen LogP contribution in [0.5, 0.6) is 5.88 Å². The third-order valence-electron chi connectivity index (χ3n) is 4.66. The molecule has 12 heteroatoms. The van der Waals surface area contributed by atoms with Crippen molar-refractivity contribution in [3.05, 3.63) is 76.0 Å². The van der Waals surface area contributed by atoms with Gasteiger partial charge in [-0.2, -0.15) is 0 Å². The number of carboxylic acid groups (broad SMARTS) is 1. The van der Waals surface area contributed by atoms with Crippen LogP contribution in [0.15, 0.2) is 64.2 Å². The molecule has 164 valence electrons. The lowest BCUT2D eigenvalue weighted by atomic mass is 10.2. The topological polar surface area (TPSA) is 159 Å². The second-order valence-electron chi connectivity index (χ2n) is 6.84. The number of thiazole rings is 1. The molecule has 0 aliphatic heterocycles. The average Bonchev–Trinajstić information content (AvgIpc) is 3.45. The highest BCUT2D eigenvalue weighted by Crippen LogP contribution is 2.32. The van der Waals surface area contributed by atoms with Gasteiger partial charge in [0.1, 0.15) is 22.9 Å². The zero-order chi connectivity index (χ0) is 22.9. The summed E-state index contributed by atoms with van der Waals surface area (Å²) in [5.41, 5.74) is 7.15. The number of aromatic carboxylic acids is 1. The number of carbonyl (C=O) groups is 1. The van der Waals surface area contributed by atoms with Gasteiger partial charge < -0.3 is 20.0 Å². The molecule has 0 atom stereocenters. The van der Waals surface area contributed by atoms with Crippen molar-refractivity contribution in [1.29, 1.82) is 0 Å². The molecule has 0 aliphatic rings. The van der Waals surface area contributed by atoms with Crippen molar-refractivity contribution < 1.29 is 19.1 Å². The van der Waals surface area contributed by atoms with E-state index in [0.717, 1.165) is 11.3 Å². The molecule has 5 aromatic rings. The first-order chi connectivity index (χ1) is 16.0. The molecule has 4 heterocycles. The lowest BCUT2D eigenvalue weighted by Crippen LogP contribution is -2.15. The third-order valence-corrected chi connectivity index (χ3v) is 5.74. The van der Waals surface area contributed by atoms with E-state index in [1.807, 2.05) is 0 Å². The first-order valence-corrected chi connectivity index (χ1v) is 10.3. The molecule has 0 unspecified atom stereocenters. The van der Waals surface area contributed by atoms with E-state index in [2.05, 4.69) is 20.3 Å². The number of ether oxygens (including phenoxy) is 1. The minimum Gasteiger partial charge on any atom is -0.477 e. The van der Waals surface area contributed by atoms with Gasteiger partial charge in [0, 0.05) is 35.1 Å². The maximum atomic E-state index is 12.5. The van der Waals surface area contributed by atoms with Crippen molar-refractivity contribution >= 4 is 34.0 Å². The Bertz CT molecular complexity index is 1540. The van der Waals surface area contributed by atoms with Crippen molar-refractivity contribution in [2.45, 2.75) is 6.61 Å². The quantitative estimate of drug-likeness (QED) is 0.284. The van der Waals surface area contributed by atoms with Crippen LogP contribution in [0.1, 0.15) is 15.4 Å². The summed E-state index contributed by atoms with van der Waals surface area (Å²) in [4.78, 5) is 32.4. The molecule has 33 heavy (non-hydrogen) atoms. The highest BCUT2D eigenvalue weighted by atomic mass is 32.1. The predicted molar refractivity (Wildman–Crippen MR) is 118 cm³/mol. The van der Waals surface area contributed by atoms with Gasteiger partial charge in [-0.15, -0.1) is 16.4 Å². The van der Waals surface area contributed by atoms with Crippen molar-refractivity contribution in [3.63, 3.8) is 0 Å². The number of anilines is 1. The number of pyridine rings is 1. The maximum Gasteiger partial charge on any atom is 0.362 e. The number of carboxylic acids is 1. The van der Waals surface area contributed by atoms with Crippen LogP contribution in [-0.2, 0) is 6.61 Å². The standard InChI is InChI=1S/C21H14N6O5S/c22-13-2-1-12-7-15(21(30)32-16(12)8-13)27-14(9-24-26-27)10-31-18-17(20(28)29)33-19(25-18)11-3-5-23-6-4-11/h1-9H,10,22H2,(H,28,29).